The highest BCUT2D eigenvalue weighted by Crippen LogP contribution is 2.21. The average Bonchev–Trinajstić information content (AvgIpc) is 3.25. The Labute approximate surface area is 191 Å². The molecule has 2 fully saturated rings. The maximum absolute atomic E-state index is 13.1. The van der Waals surface area contributed by atoms with E-state index in [4.69, 9.17) is 0 Å². The molecular weight excluding hydrogens is 398 g/mol. The van der Waals surface area contributed by atoms with Gasteiger partial charge in [-0.25, -0.2) is 0 Å². The molecule has 1 N–H and O–H groups in total. The summed E-state index contributed by atoms with van der Waals surface area (Å²) in [7, 11) is 0. The van der Waals surface area contributed by atoms with Gasteiger partial charge in [-0.05, 0) is 68.6 Å². The SMILES string of the molecule is O=C(Nc1ccccc1C(=O)N1CCCCCC1)c1ccc(CN2CCCCCC2)cc1. The largest absolute Gasteiger partial charge is 0.339 e. The maximum atomic E-state index is 13.1. The van der Waals surface area contributed by atoms with E-state index in [9.17, 15) is 9.59 Å². The number of nitrogens with zero attached hydrogens (tertiary/aromatic N) is 2. The van der Waals surface area contributed by atoms with Crippen molar-refractivity contribution in [2.75, 3.05) is 31.5 Å². The molecule has 2 aliphatic heterocycles. The minimum atomic E-state index is -0.178. The molecule has 0 unspecified atom stereocenters. The zero-order valence-electron chi connectivity index (χ0n) is 19.0. The van der Waals surface area contributed by atoms with E-state index in [1.807, 2.05) is 53.4 Å². The smallest absolute Gasteiger partial charge is 0.255 e. The van der Waals surface area contributed by atoms with Crippen LogP contribution in [-0.2, 0) is 6.54 Å². The first-order chi connectivity index (χ1) is 15.7. The van der Waals surface area contributed by atoms with Crippen molar-refractivity contribution in [3.05, 3.63) is 65.2 Å². The van der Waals surface area contributed by atoms with Gasteiger partial charge in [0.2, 0.25) is 0 Å². The first-order valence-electron chi connectivity index (χ1n) is 12.2. The van der Waals surface area contributed by atoms with Crippen LogP contribution in [0.3, 0.4) is 0 Å². The molecule has 0 radical (unpaired) electrons. The molecule has 0 atom stereocenters. The Kier molecular flexibility index (Phi) is 7.94. The lowest BCUT2D eigenvalue weighted by atomic mass is 10.1. The van der Waals surface area contributed by atoms with Gasteiger partial charge in [-0.15, -0.1) is 0 Å². The number of carbonyl (C=O) groups is 2. The maximum Gasteiger partial charge on any atom is 0.255 e. The van der Waals surface area contributed by atoms with Gasteiger partial charge in [-0.3, -0.25) is 14.5 Å². The summed E-state index contributed by atoms with van der Waals surface area (Å²) in [6, 6.07) is 15.2. The molecule has 0 bridgehead atoms. The summed E-state index contributed by atoms with van der Waals surface area (Å²) in [5.41, 5.74) is 3.00. The van der Waals surface area contributed by atoms with Crippen molar-refractivity contribution in [3.8, 4) is 0 Å². The number of likely N-dealkylation sites (tertiary alicyclic amines) is 2. The van der Waals surface area contributed by atoms with E-state index in [1.54, 1.807) is 0 Å². The molecule has 32 heavy (non-hydrogen) atoms. The molecule has 2 saturated heterocycles. The Morgan fingerprint density at radius 2 is 1.31 bits per heavy atom. The second kappa shape index (κ2) is 11.3. The number of carbonyl (C=O) groups excluding carboxylic acids is 2. The van der Waals surface area contributed by atoms with Crippen LogP contribution < -0.4 is 5.32 Å². The fraction of sp³-hybridized carbons (Fsp3) is 0.481. The van der Waals surface area contributed by atoms with Crippen molar-refractivity contribution in [1.82, 2.24) is 9.80 Å². The monoisotopic (exact) mass is 433 g/mol. The minimum Gasteiger partial charge on any atom is -0.339 e. The molecule has 0 saturated carbocycles. The van der Waals surface area contributed by atoms with Crippen LogP contribution in [0, 0.1) is 0 Å². The van der Waals surface area contributed by atoms with Crippen molar-refractivity contribution in [2.24, 2.45) is 0 Å². The van der Waals surface area contributed by atoms with Gasteiger partial charge in [0, 0.05) is 25.2 Å². The van der Waals surface area contributed by atoms with Gasteiger partial charge < -0.3 is 10.2 Å². The number of nitrogens with one attached hydrogen (secondary N) is 1. The van der Waals surface area contributed by atoms with Gasteiger partial charge in [-0.1, -0.05) is 49.9 Å². The van der Waals surface area contributed by atoms with Crippen LogP contribution in [0.25, 0.3) is 0 Å². The summed E-state index contributed by atoms with van der Waals surface area (Å²) in [4.78, 5) is 30.5. The van der Waals surface area contributed by atoms with E-state index in [-0.39, 0.29) is 11.8 Å². The van der Waals surface area contributed by atoms with Crippen LogP contribution in [-0.4, -0.2) is 47.8 Å². The summed E-state index contributed by atoms with van der Waals surface area (Å²) in [6.45, 7) is 4.84. The van der Waals surface area contributed by atoms with Gasteiger partial charge >= 0.3 is 0 Å². The van der Waals surface area contributed by atoms with Crippen LogP contribution in [0.4, 0.5) is 5.69 Å². The molecule has 5 heteroatoms. The van der Waals surface area contributed by atoms with E-state index in [0.29, 0.717) is 16.8 Å². The van der Waals surface area contributed by atoms with E-state index < -0.39 is 0 Å². The highest BCUT2D eigenvalue weighted by Gasteiger charge is 2.21. The molecule has 2 aromatic carbocycles. The number of rotatable bonds is 5. The van der Waals surface area contributed by atoms with E-state index >= 15 is 0 Å². The summed E-state index contributed by atoms with van der Waals surface area (Å²) in [6.07, 6.45) is 9.65. The quantitative estimate of drug-likeness (QED) is 0.693. The Balaban J connectivity index is 1.41. The molecular formula is C27H35N3O2. The van der Waals surface area contributed by atoms with Crippen LogP contribution in [0.1, 0.15) is 77.6 Å². The fourth-order valence-electron chi connectivity index (χ4n) is 4.73. The Morgan fingerprint density at radius 3 is 1.97 bits per heavy atom. The number of amides is 2. The molecule has 5 nitrogen and oxygen atoms in total. The van der Waals surface area contributed by atoms with Crippen molar-refractivity contribution in [3.63, 3.8) is 0 Å². The van der Waals surface area contributed by atoms with Crippen molar-refractivity contribution >= 4 is 17.5 Å². The van der Waals surface area contributed by atoms with Gasteiger partial charge in [0.15, 0.2) is 0 Å². The molecule has 2 aromatic rings. The van der Waals surface area contributed by atoms with Gasteiger partial charge in [0.1, 0.15) is 0 Å². The first kappa shape index (κ1) is 22.5. The normalized spacial score (nSPS) is 17.9. The van der Waals surface area contributed by atoms with Crippen LogP contribution in [0.5, 0.6) is 0 Å². The predicted octanol–water partition coefficient (Wildman–Crippen LogP) is 5.33. The number of benzene rings is 2. The number of hydrogen-bond acceptors (Lipinski definition) is 3. The summed E-state index contributed by atoms with van der Waals surface area (Å²) >= 11 is 0. The van der Waals surface area contributed by atoms with Crippen LogP contribution in [0.2, 0.25) is 0 Å². The molecule has 0 spiro atoms. The second-order valence-electron chi connectivity index (χ2n) is 9.09. The molecule has 170 valence electrons. The number of anilines is 1. The molecule has 2 aliphatic rings. The van der Waals surface area contributed by atoms with Crippen molar-refractivity contribution in [2.45, 2.75) is 57.9 Å². The van der Waals surface area contributed by atoms with Crippen molar-refractivity contribution in [1.29, 1.82) is 0 Å². The minimum absolute atomic E-state index is 0.00981. The summed E-state index contributed by atoms with van der Waals surface area (Å²) < 4.78 is 0. The lowest BCUT2D eigenvalue weighted by Crippen LogP contribution is -2.32. The van der Waals surface area contributed by atoms with Crippen LogP contribution in [0.15, 0.2) is 48.5 Å². The zero-order chi connectivity index (χ0) is 22.2. The van der Waals surface area contributed by atoms with E-state index in [0.717, 1.165) is 45.6 Å². The first-order valence-corrected chi connectivity index (χ1v) is 12.2. The van der Waals surface area contributed by atoms with Crippen molar-refractivity contribution < 1.29 is 9.59 Å². The standard InChI is InChI=1S/C27H35N3O2/c31-26(23-15-13-22(14-16-23)21-29-17-7-1-2-8-18-29)28-25-12-6-5-11-24(25)27(32)30-19-9-3-4-10-20-30/h5-6,11-16H,1-4,7-10,17-21H2,(H,28,31). The summed E-state index contributed by atoms with van der Waals surface area (Å²) in [5.74, 6) is -0.168. The Hall–Kier alpha value is -2.66. The Morgan fingerprint density at radius 1 is 0.719 bits per heavy atom. The van der Waals surface area contributed by atoms with Crippen LogP contribution >= 0.6 is 0 Å². The highest BCUT2D eigenvalue weighted by molar-refractivity contribution is 6.09. The third kappa shape index (κ3) is 5.98. The van der Waals surface area contributed by atoms with E-state index in [2.05, 4.69) is 10.2 Å². The summed E-state index contributed by atoms with van der Waals surface area (Å²) in [5, 5.41) is 2.97. The topological polar surface area (TPSA) is 52.7 Å². The lowest BCUT2D eigenvalue weighted by Gasteiger charge is -2.22. The lowest BCUT2D eigenvalue weighted by molar-refractivity contribution is 0.0762. The second-order valence-corrected chi connectivity index (χ2v) is 9.09. The zero-order valence-corrected chi connectivity index (χ0v) is 19.0. The number of hydrogen-bond donors (Lipinski definition) is 1. The molecule has 0 aliphatic carbocycles. The van der Waals surface area contributed by atoms with Gasteiger partial charge in [0.05, 0.1) is 11.3 Å². The van der Waals surface area contributed by atoms with Gasteiger partial charge in [0.25, 0.3) is 11.8 Å². The third-order valence-corrected chi connectivity index (χ3v) is 6.62. The van der Waals surface area contributed by atoms with E-state index in [1.165, 1.54) is 44.1 Å². The van der Waals surface area contributed by atoms with Gasteiger partial charge in [-0.2, -0.15) is 0 Å². The third-order valence-electron chi connectivity index (χ3n) is 6.62. The number of para-hydroxylation sites is 1. The highest BCUT2D eigenvalue weighted by atomic mass is 16.2. The molecule has 4 rings (SSSR count). The fourth-order valence-corrected chi connectivity index (χ4v) is 4.73. The average molecular weight is 434 g/mol. The molecule has 0 aromatic heterocycles. The predicted molar refractivity (Wildman–Crippen MR) is 129 cm³/mol. The molecule has 2 amide bonds. The Bertz CT molecular complexity index is 893. The molecule has 2 heterocycles.